The van der Waals surface area contributed by atoms with E-state index in [1.165, 1.54) is 12.8 Å². The van der Waals surface area contributed by atoms with Gasteiger partial charge in [0, 0.05) is 28.3 Å². The molecule has 2 aromatic rings. The van der Waals surface area contributed by atoms with Crippen LogP contribution in [0.25, 0.3) is 0 Å². The highest BCUT2D eigenvalue weighted by Crippen LogP contribution is 2.40. The van der Waals surface area contributed by atoms with Gasteiger partial charge in [0.05, 0.1) is 7.11 Å². The van der Waals surface area contributed by atoms with Crippen molar-refractivity contribution in [3.63, 3.8) is 0 Å². The first-order valence-corrected chi connectivity index (χ1v) is 8.89. The molecular weight excluding hydrogens is 350 g/mol. The number of benzene rings is 1. The van der Waals surface area contributed by atoms with Gasteiger partial charge in [-0.15, -0.1) is 10.2 Å². The molecule has 0 atom stereocenters. The Hall–Kier alpha value is -1.01. The molecule has 0 amide bonds. The van der Waals surface area contributed by atoms with Crippen LogP contribution in [0.5, 0.6) is 5.75 Å². The van der Waals surface area contributed by atoms with Crippen LogP contribution in [0.1, 0.15) is 37.1 Å². The quantitative estimate of drug-likeness (QED) is 0.715. The number of rotatable bonds is 6. The Kier molecular flexibility index (Phi) is 4.54. The molecule has 0 unspecified atom stereocenters. The van der Waals surface area contributed by atoms with Crippen molar-refractivity contribution in [3.8, 4) is 5.75 Å². The van der Waals surface area contributed by atoms with Crippen LogP contribution in [-0.2, 0) is 12.3 Å². The summed E-state index contributed by atoms with van der Waals surface area (Å²) in [6.45, 7) is 3.08. The third-order valence-electron chi connectivity index (χ3n) is 3.60. The molecule has 0 N–H and O–H groups in total. The third kappa shape index (κ3) is 3.26. The number of halogens is 1. The van der Waals surface area contributed by atoms with Crippen molar-refractivity contribution in [3.05, 3.63) is 34.1 Å². The molecule has 1 aliphatic carbocycles. The molecule has 1 aromatic carbocycles. The van der Waals surface area contributed by atoms with Gasteiger partial charge < -0.3 is 9.30 Å². The van der Waals surface area contributed by atoms with Gasteiger partial charge in [0.1, 0.15) is 11.6 Å². The lowest BCUT2D eigenvalue weighted by atomic mass is 10.2. The van der Waals surface area contributed by atoms with Crippen LogP contribution >= 0.6 is 27.7 Å². The Labute approximate surface area is 137 Å². The molecule has 1 aromatic heterocycles. The van der Waals surface area contributed by atoms with Crippen molar-refractivity contribution in [2.45, 2.75) is 43.1 Å². The maximum atomic E-state index is 5.42. The van der Waals surface area contributed by atoms with E-state index < -0.39 is 0 Å². The zero-order valence-electron chi connectivity index (χ0n) is 12.2. The number of hydrogen-bond donors (Lipinski definition) is 0. The monoisotopic (exact) mass is 367 g/mol. The van der Waals surface area contributed by atoms with E-state index in [9.17, 15) is 0 Å². The predicted octanol–water partition coefficient (Wildman–Crippen LogP) is 4.24. The zero-order valence-corrected chi connectivity index (χ0v) is 14.6. The second-order valence-electron chi connectivity index (χ2n) is 5.10. The van der Waals surface area contributed by atoms with Gasteiger partial charge >= 0.3 is 0 Å². The van der Waals surface area contributed by atoms with Gasteiger partial charge in [0.25, 0.3) is 0 Å². The summed E-state index contributed by atoms with van der Waals surface area (Å²) in [5.74, 6) is 3.52. The minimum atomic E-state index is 0.632. The number of thioether (sulfide) groups is 1. The van der Waals surface area contributed by atoms with Crippen molar-refractivity contribution in [1.82, 2.24) is 14.8 Å². The second kappa shape index (κ2) is 6.40. The number of ether oxygens (including phenoxy) is 1. The molecule has 3 rings (SSSR count). The molecule has 1 aliphatic rings. The highest BCUT2D eigenvalue weighted by Gasteiger charge is 2.29. The molecule has 1 heterocycles. The minimum absolute atomic E-state index is 0.632. The molecule has 21 heavy (non-hydrogen) atoms. The fourth-order valence-electron chi connectivity index (χ4n) is 2.35. The van der Waals surface area contributed by atoms with E-state index in [4.69, 9.17) is 4.74 Å². The van der Waals surface area contributed by atoms with Gasteiger partial charge in [-0.05, 0) is 38.0 Å². The maximum absolute atomic E-state index is 5.42. The molecule has 0 saturated heterocycles. The fourth-order valence-corrected chi connectivity index (χ4v) is 3.75. The molecule has 0 bridgehead atoms. The molecule has 4 nitrogen and oxygen atoms in total. The molecule has 112 valence electrons. The SMILES string of the molecule is CCn1c(SCc2cc(Br)ccc2OC)nnc1C1CC1. The molecule has 6 heteroatoms. The summed E-state index contributed by atoms with van der Waals surface area (Å²) in [4.78, 5) is 0. The van der Waals surface area contributed by atoms with Crippen LogP contribution in [0.3, 0.4) is 0 Å². The van der Waals surface area contributed by atoms with E-state index in [-0.39, 0.29) is 0 Å². The van der Waals surface area contributed by atoms with Crippen molar-refractivity contribution < 1.29 is 4.74 Å². The van der Waals surface area contributed by atoms with Crippen LogP contribution in [0, 0.1) is 0 Å². The van der Waals surface area contributed by atoms with E-state index >= 15 is 0 Å². The maximum Gasteiger partial charge on any atom is 0.191 e. The van der Waals surface area contributed by atoms with Crippen LogP contribution < -0.4 is 4.74 Å². The molecule has 1 fully saturated rings. The molecule has 0 spiro atoms. The molecular formula is C15H18BrN3OS. The number of nitrogens with zero attached hydrogens (tertiary/aromatic N) is 3. The summed E-state index contributed by atoms with van der Waals surface area (Å²) in [7, 11) is 1.71. The highest BCUT2D eigenvalue weighted by molar-refractivity contribution is 9.10. The van der Waals surface area contributed by atoms with Crippen molar-refractivity contribution >= 4 is 27.7 Å². The smallest absolute Gasteiger partial charge is 0.191 e. The van der Waals surface area contributed by atoms with E-state index in [0.29, 0.717) is 5.92 Å². The first-order valence-electron chi connectivity index (χ1n) is 7.11. The van der Waals surface area contributed by atoms with Gasteiger partial charge in [-0.25, -0.2) is 0 Å². The lowest BCUT2D eigenvalue weighted by Crippen LogP contribution is -2.02. The van der Waals surface area contributed by atoms with Crippen molar-refractivity contribution in [2.75, 3.05) is 7.11 Å². The predicted molar refractivity (Wildman–Crippen MR) is 87.9 cm³/mol. The summed E-state index contributed by atoms with van der Waals surface area (Å²) in [5.41, 5.74) is 1.16. The summed E-state index contributed by atoms with van der Waals surface area (Å²) in [6, 6.07) is 6.08. The zero-order chi connectivity index (χ0) is 14.8. The average molecular weight is 368 g/mol. The van der Waals surface area contributed by atoms with Crippen LogP contribution in [-0.4, -0.2) is 21.9 Å². The van der Waals surface area contributed by atoms with Gasteiger partial charge in [-0.1, -0.05) is 27.7 Å². The van der Waals surface area contributed by atoms with Crippen molar-refractivity contribution in [2.24, 2.45) is 0 Å². The Bertz CT molecular complexity index is 640. The normalized spacial score (nSPS) is 14.4. The Morgan fingerprint density at radius 3 is 2.86 bits per heavy atom. The van der Waals surface area contributed by atoms with E-state index in [1.807, 2.05) is 12.1 Å². The molecule has 0 aliphatic heterocycles. The summed E-state index contributed by atoms with van der Waals surface area (Å²) < 4.78 is 8.73. The Balaban J connectivity index is 1.77. The lowest BCUT2D eigenvalue weighted by molar-refractivity contribution is 0.411. The van der Waals surface area contributed by atoms with Gasteiger partial charge in [-0.3, -0.25) is 0 Å². The van der Waals surface area contributed by atoms with Crippen LogP contribution in [0.4, 0.5) is 0 Å². The average Bonchev–Trinajstić information content (AvgIpc) is 3.25. The topological polar surface area (TPSA) is 39.9 Å². The Morgan fingerprint density at radius 2 is 2.19 bits per heavy atom. The summed E-state index contributed by atoms with van der Waals surface area (Å²) in [6.07, 6.45) is 2.50. The van der Waals surface area contributed by atoms with E-state index in [0.717, 1.165) is 39.1 Å². The largest absolute Gasteiger partial charge is 0.496 e. The fraction of sp³-hybridized carbons (Fsp3) is 0.467. The highest BCUT2D eigenvalue weighted by atomic mass is 79.9. The van der Waals surface area contributed by atoms with E-state index in [2.05, 4.69) is 43.7 Å². The Morgan fingerprint density at radius 1 is 1.38 bits per heavy atom. The van der Waals surface area contributed by atoms with Gasteiger partial charge in [0.2, 0.25) is 0 Å². The summed E-state index contributed by atoms with van der Waals surface area (Å²) >= 11 is 5.23. The number of hydrogen-bond acceptors (Lipinski definition) is 4. The first-order chi connectivity index (χ1) is 10.2. The second-order valence-corrected chi connectivity index (χ2v) is 6.96. The number of aromatic nitrogens is 3. The number of methoxy groups -OCH3 is 1. The minimum Gasteiger partial charge on any atom is -0.496 e. The van der Waals surface area contributed by atoms with Gasteiger partial charge in [-0.2, -0.15) is 0 Å². The van der Waals surface area contributed by atoms with Crippen molar-refractivity contribution in [1.29, 1.82) is 0 Å². The third-order valence-corrected chi connectivity index (χ3v) is 5.11. The van der Waals surface area contributed by atoms with E-state index in [1.54, 1.807) is 18.9 Å². The standard InChI is InChI=1S/C15H18BrN3OS/c1-3-19-14(10-4-5-10)17-18-15(19)21-9-11-8-12(16)6-7-13(11)20-2/h6-8,10H,3-5,9H2,1-2H3. The van der Waals surface area contributed by atoms with Crippen LogP contribution in [0.15, 0.2) is 27.8 Å². The first kappa shape index (κ1) is 14.9. The van der Waals surface area contributed by atoms with Gasteiger partial charge in [0.15, 0.2) is 5.16 Å². The molecule has 0 radical (unpaired) electrons. The lowest BCUT2D eigenvalue weighted by Gasteiger charge is -2.09. The van der Waals surface area contributed by atoms with Crippen LogP contribution in [0.2, 0.25) is 0 Å². The summed E-state index contributed by atoms with van der Waals surface area (Å²) in [5, 5.41) is 9.74. The molecule has 1 saturated carbocycles.